The Morgan fingerprint density at radius 3 is 2.61 bits per heavy atom. The SMILES string of the molecule is O=S(=O)(c1cc(F)c(OCC2CNCCC2c2ccc(F)cc2)cc1F)n1cccn1. The minimum Gasteiger partial charge on any atom is -0.490 e. The third-order valence-corrected chi connectivity index (χ3v) is 6.93. The highest BCUT2D eigenvalue weighted by Crippen LogP contribution is 2.32. The van der Waals surface area contributed by atoms with Crippen molar-refractivity contribution in [2.75, 3.05) is 19.7 Å². The van der Waals surface area contributed by atoms with Crippen LogP contribution in [0.4, 0.5) is 13.2 Å². The fourth-order valence-electron chi connectivity index (χ4n) is 3.76. The van der Waals surface area contributed by atoms with Crippen molar-refractivity contribution in [2.45, 2.75) is 17.2 Å². The highest BCUT2D eigenvalue weighted by atomic mass is 32.2. The van der Waals surface area contributed by atoms with Crippen LogP contribution in [-0.2, 0) is 10.0 Å². The molecule has 1 aliphatic heterocycles. The molecule has 2 aromatic carbocycles. The third-order valence-electron chi connectivity index (χ3n) is 5.35. The summed E-state index contributed by atoms with van der Waals surface area (Å²) in [5.41, 5.74) is 0.948. The Bertz CT molecular complexity index is 1150. The van der Waals surface area contributed by atoms with Gasteiger partial charge in [0.2, 0.25) is 0 Å². The molecule has 4 rings (SSSR count). The lowest BCUT2D eigenvalue weighted by molar-refractivity contribution is 0.190. The van der Waals surface area contributed by atoms with Gasteiger partial charge in [-0.1, -0.05) is 12.1 Å². The minimum atomic E-state index is -4.35. The Labute approximate surface area is 177 Å². The van der Waals surface area contributed by atoms with Crippen molar-refractivity contribution in [1.29, 1.82) is 0 Å². The van der Waals surface area contributed by atoms with Gasteiger partial charge < -0.3 is 10.1 Å². The van der Waals surface area contributed by atoms with Crippen LogP contribution in [0.25, 0.3) is 0 Å². The number of ether oxygens (including phenoxy) is 1. The smallest absolute Gasteiger partial charge is 0.285 e. The molecular weight excluding hydrogens is 431 g/mol. The lowest BCUT2D eigenvalue weighted by atomic mass is 9.81. The number of nitrogens with one attached hydrogen (secondary N) is 1. The van der Waals surface area contributed by atoms with Crippen LogP contribution in [-0.4, -0.2) is 37.3 Å². The van der Waals surface area contributed by atoms with Gasteiger partial charge in [-0.15, -0.1) is 0 Å². The molecule has 0 saturated carbocycles. The molecule has 0 bridgehead atoms. The number of aromatic nitrogens is 2. The van der Waals surface area contributed by atoms with Gasteiger partial charge in [0.25, 0.3) is 10.0 Å². The Kier molecular flexibility index (Phi) is 6.01. The molecule has 164 valence electrons. The van der Waals surface area contributed by atoms with Crippen molar-refractivity contribution in [1.82, 2.24) is 14.5 Å². The number of piperidine rings is 1. The second kappa shape index (κ2) is 8.72. The van der Waals surface area contributed by atoms with Gasteiger partial charge in [0.05, 0.1) is 12.8 Å². The number of halogens is 3. The Morgan fingerprint density at radius 1 is 1.13 bits per heavy atom. The quantitative estimate of drug-likeness (QED) is 0.623. The monoisotopic (exact) mass is 451 g/mol. The van der Waals surface area contributed by atoms with Crippen LogP contribution in [0, 0.1) is 23.4 Å². The van der Waals surface area contributed by atoms with Crippen molar-refractivity contribution in [2.24, 2.45) is 5.92 Å². The maximum absolute atomic E-state index is 14.6. The van der Waals surface area contributed by atoms with Gasteiger partial charge in [-0.05, 0) is 42.6 Å². The second-order valence-corrected chi connectivity index (χ2v) is 9.08. The molecule has 10 heteroatoms. The molecule has 1 saturated heterocycles. The number of benzene rings is 2. The summed E-state index contributed by atoms with van der Waals surface area (Å²) >= 11 is 0. The normalized spacial score (nSPS) is 19.3. The van der Waals surface area contributed by atoms with Crippen LogP contribution in [0.3, 0.4) is 0 Å². The van der Waals surface area contributed by atoms with Crippen LogP contribution in [0.2, 0.25) is 0 Å². The van der Waals surface area contributed by atoms with E-state index in [1.807, 2.05) is 0 Å². The first-order chi connectivity index (χ1) is 14.9. The molecular formula is C21H20F3N3O3S. The van der Waals surface area contributed by atoms with E-state index in [1.165, 1.54) is 24.4 Å². The summed E-state index contributed by atoms with van der Waals surface area (Å²) in [6, 6.07) is 8.90. The molecule has 0 spiro atoms. The highest BCUT2D eigenvalue weighted by Gasteiger charge is 2.29. The summed E-state index contributed by atoms with van der Waals surface area (Å²) in [4.78, 5) is -0.829. The molecule has 0 radical (unpaired) electrons. The van der Waals surface area contributed by atoms with Gasteiger partial charge in [-0.3, -0.25) is 0 Å². The van der Waals surface area contributed by atoms with Crippen LogP contribution in [0.15, 0.2) is 59.8 Å². The molecule has 31 heavy (non-hydrogen) atoms. The zero-order chi connectivity index (χ0) is 22.0. The largest absolute Gasteiger partial charge is 0.490 e. The standard InChI is InChI=1S/C21H20F3N3O3S/c22-16-4-2-14(3-5-16)17-6-8-25-12-15(17)13-30-20-10-19(24)21(11-18(20)23)31(28,29)27-9-1-7-26-27/h1-5,7,9-11,15,17,25H,6,8,12-13H2. The summed E-state index contributed by atoms with van der Waals surface area (Å²) in [5.74, 6) is -2.82. The van der Waals surface area contributed by atoms with Gasteiger partial charge in [0, 0.05) is 30.8 Å². The molecule has 0 amide bonds. The fourth-order valence-corrected chi connectivity index (χ4v) is 4.93. The van der Waals surface area contributed by atoms with Gasteiger partial charge in [-0.2, -0.15) is 17.6 Å². The maximum Gasteiger partial charge on any atom is 0.285 e. The average molecular weight is 451 g/mol. The average Bonchev–Trinajstić information content (AvgIpc) is 3.31. The van der Waals surface area contributed by atoms with Crippen LogP contribution in [0.1, 0.15) is 17.9 Å². The molecule has 1 aliphatic rings. The Morgan fingerprint density at radius 2 is 1.90 bits per heavy atom. The van der Waals surface area contributed by atoms with E-state index in [-0.39, 0.29) is 30.0 Å². The first kappa shape index (κ1) is 21.4. The van der Waals surface area contributed by atoms with Crippen molar-refractivity contribution >= 4 is 10.0 Å². The van der Waals surface area contributed by atoms with Gasteiger partial charge in [-0.25, -0.2) is 13.2 Å². The topological polar surface area (TPSA) is 73.2 Å². The summed E-state index contributed by atoms with van der Waals surface area (Å²) in [5, 5.41) is 6.82. The van der Waals surface area contributed by atoms with Crippen LogP contribution < -0.4 is 10.1 Å². The van der Waals surface area contributed by atoms with E-state index < -0.39 is 26.6 Å². The van der Waals surface area contributed by atoms with E-state index in [2.05, 4.69) is 10.4 Å². The van der Waals surface area contributed by atoms with Gasteiger partial charge in [0.1, 0.15) is 16.5 Å². The number of rotatable bonds is 6. The Hall–Kier alpha value is -2.85. The number of nitrogens with zero attached hydrogens (tertiary/aromatic N) is 2. The maximum atomic E-state index is 14.6. The first-order valence-electron chi connectivity index (χ1n) is 9.69. The molecule has 2 atom stereocenters. The van der Waals surface area contributed by atoms with Crippen LogP contribution >= 0.6 is 0 Å². The van der Waals surface area contributed by atoms with E-state index in [0.717, 1.165) is 30.8 Å². The molecule has 2 heterocycles. The van der Waals surface area contributed by atoms with Gasteiger partial charge >= 0.3 is 0 Å². The van der Waals surface area contributed by atoms with E-state index in [0.29, 0.717) is 16.7 Å². The van der Waals surface area contributed by atoms with Crippen molar-refractivity contribution in [3.05, 3.63) is 77.9 Å². The summed E-state index contributed by atoms with van der Waals surface area (Å²) in [6.07, 6.45) is 3.14. The molecule has 3 aromatic rings. The van der Waals surface area contributed by atoms with Gasteiger partial charge in [0.15, 0.2) is 11.6 Å². The molecule has 1 aromatic heterocycles. The number of hydrogen-bond donors (Lipinski definition) is 1. The summed E-state index contributed by atoms with van der Waals surface area (Å²) in [7, 11) is -4.35. The predicted molar refractivity (Wildman–Crippen MR) is 107 cm³/mol. The highest BCUT2D eigenvalue weighted by molar-refractivity contribution is 7.89. The van der Waals surface area contributed by atoms with E-state index in [4.69, 9.17) is 4.74 Å². The summed E-state index contributed by atoms with van der Waals surface area (Å²) in [6.45, 7) is 1.45. The molecule has 2 unspecified atom stereocenters. The minimum absolute atomic E-state index is 0.0610. The Balaban J connectivity index is 1.53. The second-order valence-electron chi connectivity index (χ2n) is 7.32. The van der Waals surface area contributed by atoms with Crippen LogP contribution in [0.5, 0.6) is 5.75 Å². The van der Waals surface area contributed by atoms with Crippen molar-refractivity contribution in [3.8, 4) is 5.75 Å². The van der Waals surface area contributed by atoms with E-state index >= 15 is 0 Å². The predicted octanol–water partition coefficient (Wildman–Crippen LogP) is 3.31. The molecule has 1 N–H and O–H groups in total. The first-order valence-corrected chi connectivity index (χ1v) is 11.1. The third kappa shape index (κ3) is 4.45. The lowest BCUT2D eigenvalue weighted by Crippen LogP contribution is -2.38. The lowest BCUT2D eigenvalue weighted by Gasteiger charge is -2.32. The summed E-state index contributed by atoms with van der Waals surface area (Å²) < 4.78 is 73.3. The fraction of sp³-hybridized carbons (Fsp3) is 0.286. The molecule has 1 fully saturated rings. The van der Waals surface area contributed by atoms with Crippen molar-refractivity contribution in [3.63, 3.8) is 0 Å². The molecule has 6 nitrogen and oxygen atoms in total. The number of hydrogen-bond acceptors (Lipinski definition) is 5. The zero-order valence-corrected chi connectivity index (χ0v) is 17.2. The molecule has 0 aliphatic carbocycles. The van der Waals surface area contributed by atoms with Crippen molar-refractivity contribution < 1.29 is 26.3 Å². The zero-order valence-electron chi connectivity index (χ0n) is 16.3. The van der Waals surface area contributed by atoms with E-state index in [9.17, 15) is 21.6 Å². The van der Waals surface area contributed by atoms with E-state index in [1.54, 1.807) is 12.1 Å².